The van der Waals surface area contributed by atoms with Crippen molar-refractivity contribution in [3.05, 3.63) is 86.1 Å². The average Bonchev–Trinajstić information content (AvgIpc) is 3.57. The Bertz CT molecular complexity index is 1670. The number of aromatic nitrogens is 4. The van der Waals surface area contributed by atoms with Crippen LogP contribution in [0.25, 0.3) is 20.9 Å². The maximum Gasteiger partial charge on any atom is 0.385 e. The van der Waals surface area contributed by atoms with Crippen LogP contribution in [0.4, 0.5) is 4.79 Å². The Labute approximate surface area is 246 Å². The molecule has 2 fully saturated rings. The topological polar surface area (TPSA) is 313 Å². The lowest BCUT2D eigenvalue weighted by Crippen LogP contribution is -2.34. The van der Waals surface area contributed by atoms with Crippen LogP contribution in [-0.4, -0.2) is 70.8 Å². The molecular formula is C22H29N10O11P. The molecule has 5 N–H and O–H groups in total. The average molecular weight is 641 g/mol. The van der Waals surface area contributed by atoms with Gasteiger partial charge in [0.05, 0.1) is 18.8 Å². The lowest BCUT2D eigenvalue weighted by molar-refractivity contribution is -0.116. The maximum atomic E-state index is 11.9. The quantitative estimate of drug-likeness (QED) is 0.109. The van der Waals surface area contributed by atoms with Gasteiger partial charge in [0.25, 0.3) is 19.5 Å². The molecule has 4 rings (SSSR count). The van der Waals surface area contributed by atoms with E-state index in [0.29, 0.717) is 24.0 Å². The first kappa shape index (κ1) is 34.2. The van der Waals surface area contributed by atoms with Crippen molar-refractivity contribution in [2.45, 2.75) is 76.5 Å². The number of aromatic amines is 2. The van der Waals surface area contributed by atoms with Crippen molar-refractivity contribution in [1.29, 1.82) is 0 Å². The molecule has 0 bridgehead atoms. The molecule has 0 radical (unpaired) electrons. The normalized spacial score (nSPS) is 24.1. The van der Waals surface area contributed by atoms with Crippen LogP contribution in [0.5, 0.6) is 0 Å². The van der Waals surface area contributed by atoms with Crippen molar-refractivity contribution in [3.8, 4) is 0 Å². The maximum absolute atomic E-state index is 11.9. The molecule has 238 valence electrons. The first-order chi connectivity index (χ1) is 21.0. The molecule has 21 nitrogen and oxygen atoms in total. The molecule has 2 aromatic heterocycles. The van der Waals surface area contributed by atoms with E-state index in [2.05, 4.69) is 30.0 Å². The fourth-order valence-electron chi connectivity index (χ4n) is 4.44. The lowest BCUT2D eigenvalue weighted by Gasteiger charge is -2.17. The second-order valence-corrected chi connectivity index (χ2v) is 10.3. The van der Waals surface area contributed by atoms with E-state index in [9.17, 15) is 29.1 Å². The zero-order chi connectivity index (χ0) is 32.6. The van der Waals surface area contributed by atoms with Gasteiger partial charge in [0.15, 0.2) is 0 Å². The van der Waals surface area contributed by atoms with Gasteiger partial charge in [0.2, 0.25) is 6.29 Å². The van der Waals surface area contributed by atoms with Gasteiger partial charge in [-0.15, -0.1) is 0 Å². The van der Waals surface area contributed by atoms with Gasteiger partial charge in [-0.2, -0.15) is 0 Å². The molecule has 6 atom stereocenters. The predicted octanol–water partition coefficient (Wildman–Crippen LogP) is 0.514. The fourth-order valence-corrected chi connectivity index (χ4v) is 4.64. The lowest BCUT2D eigenvalue weighted by atomic mass is 10.1. The van der Waals surface area contributed by atoms with Crippen LogP contribution < -0.4 is 22.5 Å². The first-order valence-electron chi connectivity index (χ1n) is 13.0. The highest BCUT2D eigenvalue weighted by atomic mass is 31.2. The Morgan fingerprint density at radius 3 is 1.89 bits per heavy atom. The Balaban J connectivity index is 0.000000244. The van der Waals surface area contributed by atoms with E-state index in [1.54, 1.807) is 13.8 Å². The molecule has 0 aliphatic carbocycles. The Kier molecular flexibility index (Phi) is 12.0. The molecule has 0 spiro atoms. The number of carbonyl (C=O) groups is 1. The molecule has 22 heteroatoms. The van der Waals surface area contributed by atoms with Gasteiger partial charge in [-0.25, -0.2) is 14.4 Å². The van der Waals surface area contributed by atoms with Crippen molar-refractivity contribution in [2.75, 3.05) is 6.61 Å². The van der Waals surface area contributed by atoms with Gasteiger partial charge in [0.1, 0.15) is 18.5 Å². The summed E-state index contributed by atoms with van der Waals surface area (Å²) in [5.41, 5.74) is 14.3. The number of aliphatic hydroxyl groups is 1. The highest BCUT2D eigenvalue weighted by molar-refractivity contribution is 7.63. The van der Waals surface area contributed by atoms with Crippen LogP contribution in [0.15, 0.2) is 41.8 Å². The molecule has 4 heterocycles. The van der Waals surface area contributed by atoms with Crippen molar-refractivity contribution in [1.82, 2.24) is 19.1 Å². The zero-order valence-electron chi connectivity index (χ0n) is 23.3. The number of hydrogen-bond acceptors (Lipinski definition) is 13. The van der Waals surface area contributed by atoms with Gasteiger partial charge in [-0.05, 0) is 23.9 Å². The third-order valence-corrected chi connectivity index (χ3v) is 7.11. The minimum atomic E-state index is -2.98. The van der Waals surface area contributed by atoms with E-state index < -0.39 is 73.5 Å². The second-order valence-electron chi connectivity index (χ2n) is 9.31. The third-order valence-electron chi connectivity index (χ3n) is 6.68. The van der Waals surface area contributed by atoms with Crippen LogP contribution in [0.2, 0.25) is 0 Å². The third kappa shape index (κ3) is 7.98. The SMILES string of the molecule is CCc1cn([C@H]2C[C@H](N=[N+]=[N-])[C@@H](CO)O2)c(=O)[nH]c1=O.CCc1cn([C@H]2C[C@H](N=[N+]=[N-])[C@@H](OC(=O)P(O)O)O2)c(=O)[nH]c1=O. The van der Waals surface area contributed by atoms with Gasteiger partial charge < -0.3 is 29.1 Å². The number of hydrogen-bond donors (Lipinski definition) is 5. The highest BCUT2D eigenvalue weighted by Crippen LogP contribution is 2.35. The van der Waals surface area contributed by atoms with Crippen LogP contribution in [0.3, 0.4) is 0 Å². The Hall–Kier alpha value is -4.32. The summed E-state index contributed by atoms with van der Waals surface area (Å²) in [6.07, 6.45) is 0.203. The van der Waals surface area contributed by atoms with Crippen LogP contribution >= 0.6 is 8.38 Å². The molecule has 2 aromatic rings. The summed E-state index contributed by atoms with van der Waals surface area (Å²) in [5.74, 6) is 0. The van der Waals surface area contributed by atoms with Gasteiger partial charge >= 0.3 is 17.1 Å². The molecule has 2 aliphatic rings. The molecule has 0 saturated carbocycles. The van der Waals surface area contributed by atoms with Crippen molar-refractivity contribution < 1.29 is 33.9 Å². The Morgan fingerprint density at radius 2 is 1.43 bits per heavy atom. The van der Waals surface area contributed by atoms with Crippen molar-refractivity contribution >= 4 is 14.1 Å². The number of ether oxygens (including phenoxy) is 3. The summed E-state index contributed by atoms with van der Waals surface area (Å²) in [6, 6.07) is -1.51. The van der Waals surface area contributed by atoms with Crippen LogP contribution in [-0.2, 0) is 27.1 Å². The standard InChI is InChI=1S/C11H14N5O7P.C11H15N5O4/c1-2-5-4-16(10(18)13-8(5)17)7-3-6(14-15-12)9(22-7)23-11(19)24(20)21;1-2-6-4-16(11(19)13-10(6)18)9-3-7(14-15-12)8(5-17)20-9/h4,6-7,9,20-21H,2-3H2,1H3,(H,13,17,18);4,7-9,17H,2-3,5H2,1H3,(H,13,18,19)/t6-,7+,9+;7-,8+,9+/m00/s1. The molecule has 2 aliphatic heterocycles. The predicted molar refractivity (Wildman–Crippen MR) is 149 cm³/mol. The number of rotatable bonds is 9. The minimum Gasteiger partial charge on any atom is -0.429 e. The van der Waals surface area contributed by atoms with Crippen molar-refractivity contribution in [3.63, 3.8) is 0 Å². The highest BCUT2D eigenvalue weighted by Gasteiger charge is 2.40. The van der Waals surface area contributed by atoms with Gasteiger partial charge in [0, 0.05) is 46.2 Å². The fraction of sp³-hybridized carbons (Fsp3) is 0.591. The van der Waals surface area contributed by atoms with E-state index in [0.717, 1.165) is 4.57 Å². The molecule has 44 heavy (non-hydrogen) atoms. The number of azide groups is 2. The number of nitrogens with zero attached hydrogens (tertiary/aromatic N) is 8. The molecule has 0 amide bonds. The van der Waals surface area contributed by atoms with E-state index in [1.165, 1.54) is 17.0 Å². The van der Waals surface area contributed by atoms with Crippen LogP contribution in [0.1, 0.15) is 50.3 Å². The molecule has 0 aromatic carbocycles. The summed E-state index contributed by atoms with van der Waals surface area (Å²) in [5, 5.41) is 16.2. The number of aliphatic hydroxyl groups excluding tert-OH is 1. The summed E-state index contributed by atoms with van der Waals surface area (Å²) >= 11 is 0. The van der Waals surface area contributed by atoms with E-state index in [4.69, 9.17) is 35.1 Å². The zero-order valence-corrected chi connectivity index (χ0v) is 24.2. The molecular weight excluding hydrogens is 611 g/mol. The second kappa shape index (κ2) is 15.4. The van der Waals surface area contributed by atoms with E-state index in [1.807, 2.05) is 0 Å². The van der Waals surface area contributed by atoms with Crippen LogP contribution in [0, 0.1) is 0 Å². The van der Waals surface area contributed by atoms with Crippen molar-refractivity contribution in [2.24, 2.45) is 10.2 Å². The van der Waals surface area contributed by atoms with E-state index in [-0.39, 0.29) is 19.4 Å². The number of aryl methyl sites for hydroxylation is 2. The van der Waals surface area contributed by atoms with Gasteiger partial charge in [-0.1, -0.05) is 24.1 Å². The molecule has 0 unspecified atom stereocenters. The van der Waals surface area contributed by atoms with E-state index >= 15 is 0 Å². The summed E-state index contributed by atoms with van der Waals surface area (Å²) in [6.45, 7) is 3.22. The number of nitrogens with one attached hydrogen (secondary N) is 2. The molecule has 2 saturated heterocycles. The minimum absolute atomic E-state index is 0.00804. The number of carbonyl (C=O) groups excluding carboxylic acids is 1. The summed E-state index contributed by atoms with van der Waals surface area (Å²) in [7, 11) is -2.98. The largest absolute Gasteiger partial charge is 0.429 e. The Morgan fingerprint density at radius 1 is 0.955 bits per heavy atom. The number of H-pyrrole nitrogens is 2. The monoisotopic (exact) mass is 640 g/mol. The van der Waals surface area contributed by atoms with Gasteiger partial charge in [-0.3, -0.25) is 28.7 Å². The summed E-state index contributed by atoms with van der Waals surface area (Å²) in [4.78, 5) is 85.4. The smallest absolute Gasteiger partial charge is 0.385 e. The summed E-state index contributed by atoms with van der Waals surface area (Å²) < 4.78 is 18.0. The first-order valence-corrected chi connectivity index (χ1v) is 14.3.